The molecule has 0 amide bonds. The Kier molecular flexibility index (Phi) is 5.66. The molecule has 1 spiro atoms. The SMILES string of the molecule is Nc1nc(Nc2ccc3c(c2)CC[C@H](N2CCC4(CC4)C2)CC3)nn1-c1cc2c(nn1)-c1ccccc1CCC2. The quantitative estimate of drug-likeness (QED) is 0.346. The third-order valence-corrected chi connectivity index (χ3v) is 9.77. The summed E-state index contributed by atoms with van der Waals surface area (Å²) in [5.74, 6) is 1.36. The van der Waals surface area contributed by atoms with Gasteiger partial charge < -0.3 is 11.1 Å². The van der Waals surface area contributed by atoms with Crippen molar-refractivity contribution in [1.29, 1.82) is 0 Å². The van der Waals surface area contributed by atoms with Crippen LogP contribution in [0.5, 0.6) is 0 Å². The van der Waals surface area contributed by atoms with Crippen molar-refractivity contribution in [2.45, 2.75) is 70.3 Å². The zero-order valence-corrected chi connectivity index (χ0v) is 22.9. The second-order valence-corrected chi connectivity index (χ2v) is 12.4. The van der Waals surface area contributed by atoms with Gasteiger partial charge in [0.2, 0.25) is 11.9 Å². The summed E-state index contributed by atoms with van der Waals surface area (Å²) in [7, 11) is 0. The lowest BCUT2D eigenvalue weighted by Gasteiger charge is -2.26. The molecular weight excluding hydrogens is 496 g/mol. The van der Waals surface area contributed by atoms with E-state index >= 15 is 0 Å². The Balaban J connectivity index is 0.996. The van der Waals surface area contributed by atoms with Crippen molar-refractivity contribution in [3.8, 4) is 17.1 Å². The molecule has 2 fully saturated rings. The Morgan fingerprint density at radius 2 is 1.70 bits per heavy atom. The molecule has 0 unspecified atom stereocenters. The molecule has 40 heavy (non-hydrogen) atoms. The van der Waals surface area contributed by atoms with Gasteiger partial charge in [-0.15, -0.1) is 15.3 Å². The number of hydrogen-bond acceptors (Lipinski definition) is 7. The van der Waals surface area contributed by atoms with Crippen molar-refractivity contribution in [2.24, 2.45) is 5.41 Å². The molecule has 0 bridgehead atoms. The lowest BCUT2D eigenvalue weighted by atomic mass is 10.0. The van der Waals surface area contributed by atoms with E-state index in [1.807, 2.05) is 0 Å². The fourth-order valence-electron chi connectivity index (χ4n) is 7.25. The summed E-state index contributed by atoms with van der Waals surface area (Å²) in [5, 5.41) is 17.2. The monoisotopic (exact) mass is 532 g/mol. The van der Waals surface area contributed by atoms with Gasteiger partial charge in [0.1, 0.15) is 0 Å². The van der Waals surface area contributed by atoms with Gasteiger partial charge in [-0.1, -0.05) is 30.3 Å². The van der Waals surface area contributed by atoms with Crippen molar-refractivity contribution in [3.63, 3.8) is 0 Å². The molecule has 204 valence electrons. The van der Waals surface area contributed by atoms with Gasteiger partial charge >= 0.3 is 0 Å². The first kappa shape index (κ1) is 24.1. The number of aromatic nitrogens is 5. The first-order valence-corrected chi connectivity index (χ1v) is 14.9. The van der Waals surface area contributed by atoms with Gasteiger partial charge in [0.15, 0.2) is 5.82 Å². The second-order valence-electron chi connectivity index (χ2n) is 12.4. The number of benzene rings is 2. The van der Waals surface area contributed by atoms with Crippen molar-refractivity contribution in [2.75, 3.05) is 24.1 Å². The summed E-state index contributed by atoms with van der Waals surface area (Å²) >= 11 is 0. The summed E-state index contributed by atoms with van der Waals surface area (Å²) in [6.45, 7) is 2.63. The van der Waals surface area contributed by atoms with E-state index in [-0.39, 0.29) is 0 Å². The van der Waals surface area contributed by atoms with Crippen LogP contribution >= 0.6 is 0 Å². The minimum absolute atomic E-state index is 0.294. The minimum Gasteiger partial charge on any atom is -0.368 e. The van der Waals surface area contributed by atoms with E-state index in [4.69, 9.17) is 5.73 Å². The molecule has 8 nitrogen and oxygen atoms in total. The van der Waals surface area contributed by atoms with Crippen LogP contribution in [0.3, 0.4) is 0 Å². The molecule has 4 aliphatic rings. The van der Waals surface area contributed by atoms with Gasteiger partial charge in [0, 0.05) is 23.8 Å². The fraction of sp³-hybridized carbons (Fsp3) is 0.438. The highest BCUT2D eigenvalue weighted by Crippen LogP contribution is 2.53. The largest absolute Gasteiger partial charge is 0.368 e. The highest BCUT2D eigenvalue weighted by molar-refractivity contribution is 5.68. The molecule has 0 radical (unpaired) electrons. The molecular formula is C32H36N8. The number of aryl methyl sites for hydroxylation is 4. The lowest BCUT2D eigenvalue weighted by Crippen LogP contribution is -2.33. The molecule has 1 atom stereocenters. The number of nitrogens with one attached hydrogen (secondary N) is 1. The van der Waals surface area contributed by atoms with Gasteiger partial charge in [-0.2, -0.15) is 9.67 Å². The van der Waals surface area contributed by atoms with E-state index in [0.29, 0.717) is 23.1 Å². The van der Waals surface area contributed by atoms with Crippen LogP contribution in [0.4, 0.5) is 17.6 Å². The minimum atomic E-state index is 0.294. The number of fused-ring (bicyclic) bond motifs is 4. The fourth-order valence-corrected chi connectivity index (χ4v) is 7.25. The summed E-state index contributed by atoms with van der Waals surface area (Å²) < 4.78 is 1.59. The van der Waals surface area contributed by atoms with Crippen LogP contribution in [0.25, 0.3) is 17.1 Å². The maximum Gasteiger partial charge on any atom is 0.248 e. The molecule has 3 aliphatic carbocycles. The summed E-state index contributed by atoms with van der Waals surface area (Å²) in [6, 6.07) is 18.0. The Hall–Kier alpha value is -3.78. The van der Waals surface area contributed by atoms with Crippen LogP contribution in [0.1, 0.15) is 60.8 Å². The predicted octanol–water partition coefficient (Wildman–Crippen LogP) is 5.27. The van der Waals surface area contributed by atoms with Crippen molar-refractivity contribution in [1.82, 2.24) is 29.9 Å². The average Bonchev–Trinajstić information content (AvgIpc) is 3.58. The van der Waals surface area contributed by atoms with Crippen molar-refractivity contribution in [3.05, 3.63) is 70.8 Å². The normalized spacial score (nSPS) is 21.2. The molecule has 1 aliphatic heterocycles. The summed E-state index contributed by atoms with van der Waals surface area (Å²) in [5.41, 5.74) is 15.6. The van der Waals surface area contributed by atoms with Gasteiger partial charge in [0.25, 0.3) is 0 Å². The maximum absolute atomic E-state index is 6.32. The van der Waals surface area contributed by atoms with E-state index in [2.05, 4.69) is 79.0 Å². The Bertz CT molecular complexity index is 1590. The van der Waals surface area contributed by atoms with Crippen LogP contribution in [-0.4, -0.2) is 49.0 Å². The Morgan fingerprint density at radius 1 is 0.850 bits per heavy atom. The number of likely N-dealkylation sites (tertiary alicyclic amines) is 1. The highest BCUT2D eigenvalue weighted by Gasteiger charge is 2.48. The molecule has 1 saturated heterocycles. The third kappa shape index (κ3) is 4.35. The molecule has 8 heteroatoms. The molecule has 3 N–H and O–H groups in total. The summed E-state index contributed by atoms with van der Waals surface area (Å²) in [6.07, 6.45) is 12.2. The topological polar surface area (TPSA) is 97.8 Å². The number of nitrogens with zero attached hydrogens (tertiary/aromatic N) is 6. The van der Waals surface area contributed by atoms with Crippen LogP contribution in [0.2, 0.25) is 0 Å². The molecule has 4 aromatic rings. The van der Waals surface area contributed by atoms with E-state index in [1.165, 1.54) is 73.0 Å². The third-order valence-electron chi connectivity index (χ3n) is 9.77. The molecule has 2 aromatic carbocycles. The zero-order valence-electron chi connectivity index (χ0n) is 22.9. The van der Waals surface area contributed by atoms with Crippen molar-refractivity contribution >= 4 is 17.6 Å². The summed E-state index contributed by atoms with van der Waals surface area (Å²) in [4.78, 5) is 7.30. The maximum atomic E-state index is 6.32. The number of nitrogen functional groups attached to an aromatic ring is 1. The average molecular weight is 533 g/mol. The lowest BCUT2D eigenvalue weighted by molar-refractivity contribution is 0.212. The molecule has 2 aromatic heterocycles. The van der Waals surface area contributed by atoms with Crippen LogP contribution in [0.15, 0.2) is 48.5 Å². The number of nitrogens with two attached hydrogens (primary N) is 1. The van der Waals surface area contributed by atoms with Crippen molar-refractivity contribution < 1.29 is 0 Å². The van der Waals surface area contributed by atoms with Crippen LogP contribution < -0.4 is 11.1 Å². The predicted molar refractivity (Wildman–Crippen MR) is 157 cm³/mol. The molecule has 8 rings (SSSR count). The second kappa shape index (κ2) is 9.41. The number of anilines is 3. The van der Waals surface area contributed by atoms with E-state index < -0.39 is 0 Å². The van der Waals surface area contributed by atoms with E-state index in [0.717, 1.165) is 49.5 Å². The van der Waals surface area contributed by atoms with Gasteiger partial charge in [0.05, 0.1) is 5.69 Å². The smallest absolute Gasteiger partial charge is 0.248 e. The van der Waals surface area contributed by atoms with E-state index in [1.54, 1.807) is 4.68 Å². The number of rotatable bonds is 4. The van der Waals surface area contributed by atoms with Gasteiger partial charge in [-0.3, -0.25) is 4.90 Å². The molecule has 1 saturated carbocycles. The van der Waals surface area contributed by atoms with Crippen LogP contribution in [-0.2, 0) is 25.7 Å². The Labute approximate surface area is 235 Å². The van der Waals surface area contributed by atoms with Gasteiger partial charge in [-0.25, -0.2) is 0 Å². The van der Waals surface area contributed by atoms with Gasteiger partial charge in [-0.05, 0) is 117 Å². The molecule has 3 heterocycles. The first-order chi connectivity index (χ1) is 19.6. The standard InChI is InChI=1S/C32H36N8/c33-30-35-31(38-40(30)28-19-24-6-3-5-22-4-1-2-7-27(22)29(24)37-36-28)34-25-11-8-21-9-12-26(13-10-23(21)18-25)39-17-16-32(20-39)14-15-32/h1-2,4,7-8,11,18-19,26H,3,5-6,9-10,12-17,20H2,(H3,33,34,35,38)/t26-/m1/s1. The van der Waals surface area contributed by atoms with Crippen LogP contribution in [0, 0.1) is 5.41 Å². The zero-order chi connectivity index (χ0) is 26.7. The number of hydrogen-bond donors (Lipinski definition) is 2. The van der Waals surface area contributed by atoms with E-state index in [9.17, 15) is 0 Å². The first-order valence-electron chi connectivity index (χ1n) is 14.9. The Morgan fingerprint density at radius 3 is 2.58 bits per heavy atom. The highest BCUT2D eigenvalue weighted by atomic mass is 15.4.